The van der Waals surface area contributed by atoms with Gasteiger partial charge in [-0.25, -0.2) is 19.2 Å². The molecule has 12 fully saturated rings. The highest BCUT2D eigenvalue weighted by molar-refractivity contribution is 6.10. The Morgan fingerprint density at radius 2 is 0.488 bits per heavy atom. The van der Waals surface area contributed by atoms with Crippen molar-refractivity contribution in [2.45, 2.75) is 313 Å². The van der Waals surface area contributed by atoms with Crippen LogP contribution in [0.3, 0.4) is 0 Å². The fourth-order valence-corrected chi connectivity index (χ4v) is 25.3. The highest BCUT2D eigenvalue weighted by Crippen LogP contribution is 2.74. The lowest BCUT2D eigenvalue weighted by Gasteiger charge is -2.41. The molecule has 0 heterocycles. The third-order valence-electron chi connectivity index (χ3n) is 31.9. The minimum absolute atomic E-state index is 0.0249. The van der Waals surface area contributed by atoms with Crippen molar-refractivity contribution in [2.24, 2.45) is 114 Å². The molecule has 0 amide bonds. The quantitative estimate of drug-likeness (QED) is 0.119. The molecule has 8 heteroatoms. The van der Waals surface area contributed by atoms with Crippen LogP contribution < -0.4 is 0 Å². The zero-order valence-corrected chi connectivity index (χ0v) is 56.3. The Kier molecular flexibility index (Phi) is 16.2. The van der Waals surface area contributed by atoms with Gasteiger partial charge in [0.2, 0.25) is 0 Å². The summed E-state index contributed by atoms with van der Waals surface area (Å²) in [6, 6.07) is 3.17. The van der Waals surface area contributed by atoms with Crippen molar-refractivity contribution < 1.29 is 38.1 Å². The first-order valence-corrected chi connectivity index (χ1v) is 36.8. The van der Waals surface area contributed by atoms with Gasteiger partial charge in [-0.2, -0.15) is 0 Å². The van der Waals surface area contributed by atoms with E-state index in [4.69, 9.17) is 18.9 Å². The Hall–Kier alpha value is -2.90. The molecule has 86 heavy (non-hydrogen) atoms. The fraction of sp³-hybridized carbons (Fsp3) is 0.872. The van der Waals surface area contributed by atoms with Crippen molar-refractivity contribution in [3.8, 4) is 0 Å². The molecule has 0 N–H and O–H groups in total. The van der Waals surface area contributed by atoms with Crippen LogP contribution in [0.25, 0.3) is 0 Å². The zero-order chi connectivity index (χ0) is 60.7. The number of hydrogen-bond acceptors (Lipinski definition) is 8. The monoisotopic (exact) mass is 1180 g/mol. The Bertz CT molecular complexity index is 2360. The summed E-state index contributed by atoms with van der Waals surface area (Å²) in [6.45, 7) is 28.6. The standard InChI is InChI=1S/C78H118O8/c1-71(2)59-33-37-75(71,9)63(55(59)41-47-25-17-13-18-26-47)83-67(79)51-45-53(69(81)85-65-57(43-49-29-21-15-22-30-49)61-35-39-77(65,11)73(61,5)6)54(70(82)86-66-58(44-50-31-23-16-24-32-50)62-36-40-78(66,12)74(62,7)8)46-52(51)68(80)84-64-56(42-48-27-19-14-20-28-48)60-34-38-76(64,10)72(60,3)4/h45-50,55-66H,13-44H2,1-12H3/t55-,56-,57-,58-,59-,60-,61-,62-,63+,64+,65+,66+,75+,76+,77+,78+/m0/s1. The summed E-state index contributed by atoms with van der Waals surface area (Å²) >= 11 is 0. The molecule has 1 aromatic carbocycles. The topological polar surface area (TPSA) is 105 Å². The van der Waals surface area contributed by atoms with Crippen molar-refractivity contribution >= 4 is 23.9 Å². The van der Waals surface area contributed by atoms with E-state index in [1.807, 2.05) is 0 Å². The van der Waals surface area contributed by atoms with Gasteiger partial charge in [-0.1, -0.05) is 212 Å². The van der Waals surface area contributed by atoms with Crippen LogP contribution in [0.2, 0.25) is 0 Å². The van der Waals surface area contributed by atoms with Crippen molar-refractivity contribution in [2.75, 3.05) is 0 Å². The molecule has 0 saturated heterocycles. The summed E-state index contributed by atoms with van der Waals surface area (Å²) in [6.07, 6.45) is 36.1. The molecule has 8 nitrogen and oxygen atoms in total. The molecular formula is C78H118O8. The maximum absolute atomic E-state index is 16.2. The molecule has 478 valence electrons. The molecule has 16 atom stereocenters. The average Bonchev–Trinajstić information content (AvgIpc) is 1.57. The SMILES string of the molecule is CC1(C)[C@H]2CC[C@]1(C)[C@H](OC(=O)c1cc(C(=O)O[C@@H]3[C@@H](CC4CCCCC4)[C@@H]4CC[C@@]3(C)C4(C)C)c(C(=O)O[C@@H]3[C@@H](CC4CCCCC4)[C@@H]4CC[C@@]3(C)C4(C)C)cc1C(=O)O[C@@H]1[C@@H](CC3CCCCC3)[C@@H]3CC[C@@]1(C)C3(C)C)[C@H]2CC1CCCCC1. The first-order chi connectivity index (χ1) is 40.8. The number of carbonyl (C=O) groups is 4. The lowest BCUT2D eigenvalue weighted by atomic mass is 9.69. The van der Waals surface area contributed by atoms with Crippen molar-refractivity contribution in [3.63, 3.8) is 0 Å². The largest absolute Gasteiger partial charge is 0.458 e. The summed E-state index contributed by atoms with van der Waals surface area (Å²) in [5.74, 6) is 2.46. The first kappa shape index (κ1) is 61.9. The van der Waals surface area contributed by atoms with Gasteiger partial charge in [0, 0.05) is 45.3 Å². The minimum Gasteiger partial charge on any atom is -0.458 e. The van der Waals surface area contributed by atoms with Gasteiger partial charge in [0.1, 0.15) is 24.4 Å². The van der Waals surface area contributed by atoms with Crippen LogP contribution in [0.5, 0.6) is 0 Å². The Morgan fingerprint density at radius 3 is 0.674 bits per heavy atom. The lowest BCUT2D eigenvalue weighted by molar-refractivity contribution is -0.0492. The van der Waals surface area contributed by atoms with Gasteiger partial charge >= 0.3 is 23.9 Å². The number of rotatable bonds is 16. The highest BCUT2D eigenvalue weighted by Gasteiger charge is 2.72. The molecule has 0 spiro atoms. The second-order valence-corrected chi connectivity index (χ2v) is 36.0. The predicted molar refractivity (Wildman–Crippen MR) is 340 cm³/mol. The molecule has 0 radical (unpaired) electrons. The number of hydrogen-bond donors (Lipinski definition) is 0. The third-order valence-corrected chi connectivity index (χ3v) is 31.9. The normalized spacial score (nSPS) is 42.1. The smallest absolute Gasteiger partial charge is 0.339 e. The van der Waals surface area contributed by atoms with E-state index in [1.54, 1.807) is 12.1 Å². The molecule has 0 aromatic heterocycles. The molecule has 0 aliphatic heterocycles. The summed E-state index contributed by atoms with van der Waals surface area (Å²) in [5.41, 5.74) is -1.23. The Morgan fingerprint density at radius 1 is 0.302 bits per heavy atom. The van der Waals surface area contributed by atoms with E-state index < -0.39 is 23.9 Å². The predicted octanol–water partition coefficient (Wildman–Crippen LogP) is 20.0. The molecular weight excluding hydrogens is 1060 g/mol. The number of benzene rings is 1. The molecule has 1 aromatic rings. The van der Waals surface area contributed by atoms with E-state index in [-0.39, 0.29) is 114 Å². The molecule has 13 rings (SSSR count). The first-order valence-electron chi connectivity index (χ1n) is 36.8. The van der Waals surface area contributed by atoms with E-state index in [0.29, 0.717) is 47.3 Å². The maximum atomic E-state index is 16.2. The van der Waals surface area contributed by atoms with E-state index in [1.165, 1.54) is 128 Å². The van der Waals surface area contributed by atoms with Crippen LogP contribution in [0.4, 0.5) is 0 Å². The lowest BCUT2D eigenvalue weighted by Crippen LogP contribution is -2.43. The van der Waals surface area contributed by atoms with Gasteiger partial charge in [-0.3, -0.25) is 0 Å². The van der Waals surface area contributed by atoms with Crippen LogP contribution in [0, 0.1) is 114 Å². The van der Waals surface area contributed by atoms with Crippen molar-refractivity contribution in [3.05, 3.63) is 34.4 Å². The summed E-state index contributed by atoms with van der Waals surface area (Å²) in [4.78, 5) is 64.7. The number of fused-ring (bicyclic) bond motifs is 8. The van der Waals surface area contributed by atoms with E-state index in [2.05, 4.69) is 83.1 Å². The Labute approximate surface area is 521 Å². The van der Waals surface area contributed by atoms with Gasteiger partial charge in [0.25, 0.3) is 0 Å². The maximum Gasteiger partial charge on any atom is 0.339 e. The van der Waals surface area contributed by atoms with Crippen LogP contribution in [0.15, 0.2) is 12.1 Å². The van der Waals surface area contributed by atoms with E-state index >= 15 is 19.2 Å². The summed E-state index contributed by atoms with van der Waals surface area (Å²) in [5, 5.41) is 0. The van der Waals surface area contributed by atoms with Crippen LogP contribution in [-0.2, 0) is 18.9 Å². The van der Waals surface area contributed by atoms with Gasteiger partial charge in [-0.05, 0) is 158 Å². The molecule has 0 unspecified atom stereocenters. The van der Waals surface area contributed by atoms with Crippen LogP contribution >= 0.6 is 0 Å². The van der Waals surface area contributed by atoms with Gasteiger partial charge in [0.15, 0.2) is 0 Å². The van der Waals surface area contributed by atoms with E-state index in [0.717, 1.165) is 77.0 Å². The average molecular weight is 1180 g/mol. The van der Waals surface area contributed by atoms with Crippen molar-refractivity contribution in [1.29, 1.82) is 0 Å². The zero-order valence-electron chi connectivity index (χ0n) is 56.3. The molecule has 8 bridgehead atoms. The fourth-order valence-electron chi connectivity index (χ4n) is 25.3. The minimum atomic E-state index is -0.592. The van der Waals surface area contributed by atoms with Crippen molar-refractivity contribution in [1.82, 2.24) is 0 Å². The van der Waals surface area contributed by atoms with E-state index in [9.17, 15) is 0 Å². The van der Waals surface area contributed by atoms with Gasteiger partial charge in [0.05, 0.1) is 22.3 Å². The van der Waals surface area contributed by atoms with Gasteiger partial charge < -0.3 is 18.9 Å². The summed E-state index contributed by atoms with van der Waals surface area (Å²) < 4.78 is 28.8. The molecule has 12 aliphatic carbocycles. The van der Waals surface area contributed by atoms with Crippen LogP contribution in [-0.4, -0.2) is 48.3 Å². The molecule has 12 saturated carbocycles. The summed E-state index contributed by atoms with van der Waals surface area (Å²) in [7, 11) is 0. The number of esters is 4. The number of carbonyl (C=O) groups excluding carboxylic acids is 4. The van der Waals surface area contributed by atoms with Gasteiger partial charge in [-0.15, -0.1) is 0 Å². The second-order valence-electron chi connectivity index (χ2n) is 36.0. The number of ether oxygens (including phenoxy) is 4. The second kappa shape index (κ2) is 22.4. The highest BCUT2D eigenvalue weighted by atomic mass is 16.6. The molecule has 12 aliphatic rings. The third kappa shape index (κ3) is 9.58. The Balaban J connectivity index is 0.927. The van der Waals surface area contributed by atoms with Crippen LogP contribution in [0.1, 0.15) is 330 Å².